The molecule has 1 atom stereocenters. The van der Waals surface area contributed by atoms with E-state index < -0.39 is 10.3 Å². The second-order valence-corrected chi connectivity index (χ2v) is 4.62. The maximum Gasteiger partial charge on any atom is 0.256 e. The monoisotopic (exact) mass is 216 g/mol. The number of hydrogen-bond donors (Lipinski definition) is 0. The molecule has 0 bridgehead atoms. The van der Waals surface area contributed by atoms with Crippen LogP contribution in [0.25, 0.3) is 0 Å². The van der Waals surface area contributed by atoms with Gasteiger partial charge in [-0.3, -0.25) is 4.18 Å². The summed E-state index contributed by atoms with van der Waals surface area (Å²) in [6, 6.07) is 0. The summed E-state index contributed by atoms with van der Waals surface area (Å²) in [5.74, 6) is 0. The van der Waals surface area contributed by atoms with E-state index in [-0.39, 0.29) is 11.5 Å². The first-order valence-corrected chi connectivity index (χ1v) is 5.91. The molecule has 1 unspecified atom stereocenters. The minimum absolute atomic E-state index is 0.0448. The summed E-state index contributed by atoms with van der Waals surface area (Å²) >= 11 is 5.85. The molecule has 0 aromatic rings. The molecule has 0 aliphatic heterocycles. The van der Waals surface area contributed by atoms with E-state index in [0.29, 0.717) is 0 Å². The fourth-order valence-electron chi connectivity index (χ4n) is 1.23. The van der Waals surface area contributed by atoms with E-state index in [1.807, 2.05) is 0 Å². The molecule has 0 radical (unpaired) electrons. The van der Waals surface area contributed by atoms with Crippen molar-refractivity contribution in [2.45, 2.75) is 37.2 Å². The number of hydrogen-bond acceptors (Lipinski definition) is 2. The van der Waals surface area contributed by atoms with Crippen LogP contribution in [-0.2, 0) is 14.5 Å². The van der Waals surface area contributed by atoms with Gasteiger partial charge in [-0.05, 0) is 25.7 Å². The highest BCUT2D eigenvalue weighted by molar-refractivity contribution is 8.04. The van der Waals surface area contributed by atoms with Gasteiger partial charge in [0, 0.05) is 16.1 Å². The molecule has 1 rings (SSSR count). The highest BCUT2D eigenvalue weighted by atomic mass is 35.7. The second-order valence-electron chi connectivity index (χ2n) is 2.66. The molecule has 2 nitrogen and oxygen atoms in total. The van der Waals surface area contributed by atoms with Gasteiger partial charge in [0.25, 0.3) is 10.3 Å². The molecular weight excluding hydrogens is 207 g/mol. The zero-order valence-electron chi connectivity index (χ0n) is 5.96. The molecule has 1 fully saturated rings. The third kappa shape index (κ3) is 3.74. The number of rotatable bonds is 2. The summed E-state index contributed by atoms with van der Waals surface area (Å²) in [7, 11) is 3.52. The van der Waals surface area contributed by atoms with Crippen molar-refractivity contribution in [2.24, 2.45) is 0 Å². The van der Waals surface area contributed by atoms with Gasteiger partial charge in [0.2, 0.25) is 0 Å². The van der Waals surface area contributed by atoms with E-state index in [9.17, 15) is 4.21 Å². The lowest BCUT2D eigenvalue weighted by Gasteiger charge is -2.22. The topological polar surface area (TPSA) is 26.3 Å². The van der Waals surface area contributed by atoms with Crippen molar-refractivity contribution >= 4 is 32.6 Å². The van der Waals surface area contributed by atoms with Gasteiger partial charge in [0.1, 0.15) is 0 Å². The molecule has 0 aromatic heterocycles. The maximum absolute atomic E-state index is 10.4. The van der Waals surface area contributed by atoms with Crippen LogP contribution in [-0.4, -0.2) is 15.7 Å². The van der Waals surface area contributed by atoms with Crippen LogP contribution in [0.3, 0.4) is 0 Å². The van der Waals surface area contributed by atoms with E-state index in [1.165, 1.54) is 0 Å². The predicted molar refractivity (Wildman–Crippen MR) is 47.0 cm³/mol. The Balaban J connectivity index is 2.22. The minimum atomic E-state index is -1.65. The van der Waals surface area contributed by atoms with Gasteiger partial charge in [0.05, 0.1) is 6.10 Å². The lowest BCUT2D eigenvalue weighted by molar-refractivity contribution is 0.179. The van der Waals surface area contributed by atoms with Crippen molar-refractivity contribution in [3.8, 4) is 0 Å². The summed E-state index contributed by atoms with van der Waals surface area (Å²) < 4.78 is 15.3. The molecule has 1 saturated carbocycles. The third-order valence-corrected chi connectivity index (χ3v) is 2.89. The quantitative estimate of drug-likeness (QED) is 0.524. The molecule has 0 saturated heterocycles. The Bertz CT molecular complexity index is 146. The highest BCUT2D eigenvalue weighted by Crippen LogP contribution is 2.25. The average molecular weight is 217 g/mol. The van der Waals surface area contributed by atoms with Crippen LogP contribution in [0.2, 0.25) is 0 Å². The first-order chi connectivity index (χ1) is 5.18. The van der Waals surface area contributed by atoms with Crippen molar-refractivity contribution in [1.82, 2.24) is 0 Å². The Morgan fingerprint density at radius 2 is 1.82 bits per heavy atom. The Labute approximate surface area is 78.4 Å². The lowest BCUT2D eigenvalue weighted by atomic mass is 9.98. The SMILES string of the molecule is O=S(Cl)OC1CCC(Cl)CC1. The molecule has 66 valence electrons. The van der Waals surface area contributed by atoms with Gasteiger partial charge in [-0.25, -0.2) is 4.21 Å². The van der Waals surface area contributed by atoms with Crippen LogP contribution in [0.5, 0.6) is 0 Å². The fourth-order valence-corrected chi connectivity index (χ4v) is 2.19. The molecule has 1 aliphatic carbocycles. The van der Waals surface area contributed by atoms with E-state index >= 15 is 0 Å². The molecule has 0 aromatic carbocycles. The van der Waals surface area contributed by atoms with Crippen molar-refractivity contribution in [2.75, 3.05) is 0 Å². The van der Waals surface area contributed by atoms with Crippen LogP contribution in [0.4, 0.5) is 0 Å². The normalized spacial score (nSPS) is 35.1. The number of alkyl halides is 1. The molecule has 0 spiro atoms. The van der Waals surface area contributed by atoms with Crippen LogP contribution >= 0.6 is 22.3 Å². The molecule has 0 heterocycles. The summed E-state index contributed by atoms with van der Waals surface area (Å²) in [6.07, 6.45) is 3.64. The average Bonchev–Trinajstić information content (AvgIpc) is 1.93. The van der Waals surface area contributed by atoms with Crippen LogP contribution in [0, 0.1) is 0 Å². The van der Waals surface area contributed by atoms with Crippen LogP contribution in [0.1, 0.15) is 25.7 Å². The first-order valence-electron chi connectivity index (χ1n) is 3.57. The van der Waals surface area contributed by atoms with Gasteiger partial charge in [0.15, 0.2) is 0 Å². The molecule has 1 aliphatic rings. The Morgan fingerprint density at radius 1 is 1.27 bits per heavy atom. The van der Waals surface area contributed by atoms with Crippen LogP contribution < -0.4 is 0 Å². The zero-order chi connectivity index (χ0) is 8.27. The Kier molecular flexibility index (Phi) is 4.13. The second kappa shape index (κ2) is 4.65. The van der Waals surface area contributed by atoms with Gasteiger partial charge in [-0.15, -0.1) is 11.6 Å². The van der Waals surface area contributed by atoms with Crippen molar-refractivity contribution in [3.63, 3.8) is 0 Å². The van der Waals surface area contributed by atoms with Crippen molar-refractivity contribution in [1.29, 1.82) is 0 Å². The summed E-state index contributed by atoms with van der Waals surface area (Å²) in [4.78, 5) is 0. The Morgan fingerprint density at radius 3 is 2.27 bits per heavy atom. The highest BCUT2D eigenvalue weighted by Gasteiger charge is 2.21. The van der Waals surface area contributed by atoms with Crippen LogP contribution in [0.15, 0.2) is 0 Å². The first kappa shape index (κ1) is 9.78. The van der Waals surface area contributed by atoms with E-state index in [1.54, 1.807) is 0 Å². The molecule has 0 amide bonds. The summed E-state index contributed by atoms with van der Waals surface area (Å²) in [6.45, 7) is 0. The maximum atomic E-state index is 10.4. The largest absolute Gasteiger partial charge is 0.275 e. The van der Waals surface area contributed by atoms with E-state index in [2.05, 4.69) is 0 Å². The van der Waals surface area contributed by atoms with E-state index in [0.717, 1.165) is 25.7 Å². The van der Waals surface area contributed by atoms with Gasteiger partial charge >= 0.3 is 0 Å². The van der Waals surface area contributed by atoms with E-state index in [4.69, 9.17) is 26.5 Å². The van der Waals surface area contributed by atoms with Gasteiger partial charge in [-0.2, -0.15) is 0 Å². The smallest absolute Gasteiger partial charge is 0.256 e. The molecule has 5 heteroatoms. The zero-order valence-corrected chi connectivity index (χ0v) is 8.29. The van der Waals surface area contributed by atoms with Crippen molar-refractivity contribution < 1.29 is 8.39 Å². The third-order valence-electron chi connectivity index (χ3n) is 1.82. The summed E-state index contributed by atoms with van der Waals surface area (Å²) in [5, 5.41) is 0.263. The molecular formula is C6H10Cl2O2S. The summed E-state index contributed by atoms with van der Waals surface area (Å²) in [5.41, 5.74) is 0. The Hall–Kier alpha value is 0.690. The fraction of sp³-hybridized carbons (Fsp3) is 1.00. The number of halogens is 2. The van der Waals surface area contributed by atoms with Gasteiger partial charge in [-0.1, -0.05) is 0 Å². The molecule has 11 heavy (non-hydrogen) atoms. The standard InChI is InChI=1S/C6H10Cl2O2S/c7-5-1-3-6(4-2-5)10-11(8)9/h5-6H,1-4H2. The molecule has 0 N–H and O–H groups in total. The van der Waals surface area contributed by atoms with Gasteiger partial charge < -0.3 is 0 Å². The minimum Gasteiger partial charge on any atom is -0.275 e. The van der Waals surface area contributed by atoms with Crippen molar-refractivity contribution in [3.05, 3.63) is 0 Å². The lowest BCUT2D eigenvalue weighted by Crippen LogP contribution is -2.21. The predicted octanol–water partition coefficient (Wildman–Crippen LogP) is 2.37.